The Morgan fingerprint density at radius 2 is 2.10 bits per heavy atom. The van der Waals surface area contributed by atoms with Gasteiger partial charge in [-0.15, -0.1) is 0 Å². The Morgan fingerprint density at radius 1 is 1.29 bits per heavy atom. The van der Waals surface area contributed by atoms with Crippen LogP contribution >= 0.6 is 0 Å². The van der Waals surface area contributed by atoms with Gasteiger partial charge in [-0.25, -0.2) is 0 Å². The number of rotatable bonds is 5. The van der Waals surface area contributed by atoms with Gasteiger partial charge in [0.15, 0.2) is 0 Å². The van der Waals surface area contributed by atoms with E-state index in [-0.39, 0.29) is 30.5 Å². The predicted molar refractivity (Wildman–Crippen MR) is 112 cm³/mol. The fraction of sp³-hybridized carbons (Fsp3) is 0.364. The van der Waals surface area contributed by atoms with Gasteiger partial charge in [0, 0.05) is 31.3 Å². The van der Waals surface area contributed by atoms with Crippen LogP contribution < -0.4 is 14.5 Å². The molecule has 0 radical (unpaired) electrons. The van der Waals surface area contributed by atoms with Crippen molar-refractivity contribution in [3.63, 3.8) is 0 Å². The van der Waals surface area contributed by atoms with Crippen LogP contribution in [0.15, 0.2) is 36.4 Å². The molecule has 9 heteroatoms. The summed E-state index contributed by atoms with van der Waals surface area (Å²) in [7, 11) is 0. The monoisotopic (exact) mass is 427 g/mol. The molecule has 0 spiro atoms. The summed E-state index contributed by atoms with van der Waals surface area (Å²) >= 11 is 0. The molecule has 31 heavy (non-hydrogen) atoms. The van der Waals surface area contributed by atoms with E-state index in [1.807, 2.05) is 25.1 Å². The summed E-state index contributed by atoms with van der Waals surface area (Å²) in [4.78, 5) is 39.1. The molecule has 1 unspecified atom stereocenters. The van der Waals surface area contributed by atoms with Gasteiger partial charge in [-0.3, -0.25) is 19.7 Å². The van der Waals surface area contributed by atoms with E-state index in [0.717, 1.165) is 42.0 Å². The number of carbonyl (C=O) groups excluding carboxylic acids is 2. The maximum absolute atomic E-state index is 13.7. The zero-order valence-electron chi connectivity index (χ0n) is 17.0. The molecule has 1 saturated heterocycles. The average molecular weight is 427 g/mol. The van der Waals surface area contributed by atoms with Crippen molar-refractivity contribution >= 4 is 28.9 Å². The lowest BCUT2D eigenvalue weighted by molar-refractivity contribution is -0.387. The SMILES string of the molecule is CCOc1ccc2c(c1)CCCN2C(=O)C1CC(=O)N(c2ccc(F)c([N+](=O)[O-])c2)C1. The number of nitrogens with zero attached hydrogens (tertiary/aromatic N) is 3. The van der Waals surface area contributed by atoms with Crippen molar-refractivity contribution in [2.45, 2.75) is 26.2 Å². The highest BCUT2D eigenvalue weighted by Crippen LogP contribution is 2.34. The van der Waals surface area contributed by atoms with Gasteiger partial charge in [-0.1, -0.05) is 0 Å². The molecular weight excluding hydrogens is 405 g/mol. The van der Waals surface area contributed by atoms with E-state index in [4.69, 9.17) is 4.74 Å². The van der Waals surface area contributed by atoms with Crippen molar-refractivity contribution in [3.05, 3.63) is 57.9 Å². The van der Waals surface area contributed by atoms with Gasteiger partial charge in [0.25, 0.3) is 0 Å². The Labute approximate surface area is 178 Å². The lowest BCUT2D eigenvalue weighted by atomic mass is 9.98. The number of aryl methyl sites for hydroxylation is 1. The number of benzene rings is 2. The van der Waals surface area contributed by atoms with Crippen LogP contribution in [-0.4, -0.2) is 36.4 Å². The van der Waals surface area contributed by atoms with Crippen molar-refractivity contribution in [2.75, 3.05) is 29.5 Å². The van der Waals surface area contributed by atoms with Gasteiger partial charge in [-0.05, 0) is 55.7 Å². The molecule has 2 heterocycles. The minimum absolute atomic E-state index is 0.00682. The number of nitro benzene ring substituents is 1. The summed E-state index contributed by atoms with van der Waals surface area (Å²) in [5.74, 6) is -1.25. The van der Waals surface area contributed by atoms with Crippen molar-refractivity contribution in [3.8, 4) is 5.75 Å². The van der Waals surface area contributed by atoms with E-state index in [0.29, 0.717) is 13.2 Å². The fourth-order valence-corrected chi connectivity index (χ4v) is 4.21. The normalized spacial score (nSPS) is 18.1. The number of fused-ring (bicyclic) bond motifs is 1. The molecule has 1 atom stereocenters. The third-order valence-corrected chi connectivity index (χ3v) is 5.66. The van der Waals surface area contributed by atoms with Crippen LogP contribution in [0.2, 0.25) is 0 Å². The van der Waals surface area contributed by atoms with Crippen LogP contribution in [0.3, 0.4) is 0 Å². The van der Waals surface area contributed by atoms with E-state index in [1.165, 1.54) is 11.0 Å². The van der Waals surface area contributed by atoms with Gasteiger partial charge >= 0.3 is 5.69 Å². The summed E-state index contributed by atoms with van der Waals surface area (Å²) in [6, 6.07) is 8.96. The topological polar surface area (TPSA) is 93.0 Å². The summed E-state index contributed by atoms with van der Waals surface area (Å²) in [6.45, 7) is 3.13. The average Bonchev–Trinajstić information content (AvgIpc) is 3.14. The number of carbonyl (C=O) groups is 2. The third kappa shape index (κ3) is 3.95. The van der Waals surface area contributed by atoms with Gasteiger partial charge in [0.2, 0.25) is 17.6 Å². The van der Waals surface area contributed by atoms with Crippen LogP contribution in [0.5, 0.6) is 5.75 Å². The van der Waals surface area contributed by atoms with E-state index < -0.39 is 22.3 Å². The zero-order valence-corrected chi connectivity index (χ0v) is 17.0. The van der Waals surface area contributed by atoms with E-state index in [2.05, 4.69) is 0 Å². The lowest BCUT2D eigenvalue weighted by Crippen LogP contribution is -2.40. The minimum Gasteiger partial charge on any atom is -0.494 e. The van der Waals surface area contributed by atoms with Crippen LogP contribution in [0.25, 0.3) is 0 Å². The number of anilines is 2. The minimum atomic E-state index is -0.968. The molecule has 0 bridgehead atoms. The molecular formula is C22H22FN3O5. The molecule has 0 aliphatic carbocycles. The van der Waals surface area contributed by atoms with Crippen molar-refractivity contribution in [1.29, 1.82) is 0 Å². The van der Waals surface area contributed by atoms with E-state index in [9.17, 15) is 24.1 Å². The summed E-state index contributed by atoms with van der Waals surface area (Å²) < 4.78 is 19.2. The molecule has 0 N–H and O–H groups in total. The molecule has 2 aliphatic heterocycles. The van der Waals surface area contributed by atoms with Crippen LogP contribution in [-0.2, 0) is 16.0 Å². The standard InChI is InChI=1S/C22H22FN3O5/c1-2-31-17-6-8-19-14(10-17)4-3-9-24(19)22(28)15-11-21(27)25(13-15)16-5-7-18(23)20(12-16)26(29)30/h5-8,10,12,15H,2-4,9,11,13H2,1H3. The quantitative estimate of drug-likeness (QED) is 0.538. The Bertz CT molecular complexity index is 1060. The smallest absolute Gasteiger partial charge is 0.306 e. The maximum Gasteiger partial charge on any atom is 0.306 e. The Hall–Kier alpha value is -3.49. The highest BCUT2D eigenvalue weighted by molar-refractivity contribution is 6.05. The molecule has 2 aromatic rings. The Morgan fingerprint density at radius 3 is 2.84 bits per heavy atom. The number of halogens is 1. The first-order chi connectivity index (χ1) is 14.9. The lowest BCUT2D eigenvalue weighted by Gasteiger charge is -2.31. The molecule has 162 valence electrons. The fourth-order valence-electron chi connectivity index (χ4n) is 4.21. The highest BCUT2D eigenvalue weighted by atomic mass is 19.1. The molecule has 4 rings (SSSR count). The number of hydrogen-bond acceptors (Lipinski definition) is 5. The Balaban J connectivity index is 1.55. The molecule has 2 amide bonds. The second-order valence-corrected chi connectivity index (χ2v) is 7.62. The highest BCUT2D eigenvalue weighted by Gasteiger charge is 2.39. The van der Waals surface area contributed by atoms with Gasteiger partial charge in [-0.2, -0.15) is 4.39 Å². The molecule has 2 aromatic carbocycles. The first-order valence-corrected chi connectivity index (χ1v) is 10.2. The van der Waals surface area contributed by atoms with Crippen LogP contribution in [0.1, 0.15) is 25.3 Å². The van der Waals surface area contributed by atoms with Crippen LogP contribution in [0, 0.1) is 21.8 Å². The number of nitro groups is 1. The maximum atomic E-state index is 13.7. The van der Waals surface area contributed by atoms with Crippen molar-refractivity contribution in [2.24, 2.45) is 5.92 Å². The van der Waals surface area contributed by atoms with E-state index >= 15 is 0 Å². The second-order valence-electron chi connectivity index (χ2n) is 7.62. The number of hydrogen-bond donors (Lipinski definition) is 0. The molecule has 0 aromatic heterocycles. The molecule has 0 saturated carbocycles. The largest absolute Gasteiger partial charge is 0.494 e. The Kier molecular flexibility index (Phi) is 5.58. The third-order valence-electron chi connectivity index (χ3n) is 5.66. The van der Waals surface area contributed by atoms with E-state index in [1.54, 1.807) is 4.90 Å². The van der Waals surface area contributed by atoms with Crippen LogP contribution in [0.4, 0.5) is 21.5 Å². The number of amides is 2. The molecule has 8 nitrogen and oxygen atoms in total. The van der Waals surface area contributed by atoms with Crippen molar-refractivity contribution < 1.29 is 23.6 Å². The first-order valence-electron chi connectivity index (χ1n) is 10.2. The zero-order chi connectivity index (χ0) is 22.1. The summed E-state index contributed by atoms with van der Waals surface area (Å²) in [6.07, 6.45) is 1.66. The van der Waals surface area contributed by atoms with Gasteiger partial charge in [0.1, 0.15) is 5.75 Å². The first kappa shape index (κ1) is 20.8. The molecule has 1 fully saturated rings. The summed E-state index contributed by atoms with van der Waals surface area (Å²) in [5, 5.41) is 11.0. The predicted octanol–water partition coefficient (Wildman–Crippen LogP) is 3.46. The van der Waals surface area contributed by atoms with Gasteiger partial charge in [0.05, 0.1) is 23.1 Å². The number of ether oxygens (including phenoxy) is 1. The molecule has 2 aliphatic rings. The summed E-state index contributed by atoms with van der Waals surface area (Å²) in [5.41, 5.74) is 1.37. The van der Waals surface area contributed by atoms with Crippen molar-refractivity contribution in [1.82, 2.24) is 0 Å². The second kappa shape index (κ2) is 8.33. The van der Waals surface area contributed by atoms with Gasteiger partial charge < -0.3 is 14.5 Å².